The van der Waals surface area contributed by atoms with E-state index < -0.39 is 5.91 Å². The summed E-state index contributed by atoms with van der Waals surface area (Å²) in [7, 11) is 0. The van der Waals surface area contributed by atoms with Crippen LogP contribution >= 0.6 is 11.6 Å². The van der Waals surface area contributed by atoms with Crippen molar-refractivity contribution in [1.82, 2.24) is 15.6 Å². The van der Waals surface area contributed by atoms with Crippen LogP contribution in [-0.4, -0.2) is 22.3 Å². The number of hydrogen-bond donors (Lipinski definition) is 2. The molecule has 0 radical (unpaired) electrons. The predicted molar refractivity (Wildman–Crippen MR) is 100 cm³/mol. The van der Waals surface area contributed by atoms with Crippen molar-refractivity contribution >= 4 is 29.8 Å². The number of hydrazone groups is 1. The first-order valence-corrected chi connectivity index (χ1v) is 7.96. The van der Waals surface area contributed by atoms with Gasteiger partial charge in [0.2, 0.25) is 0 Å². The lowest BCUT2D eigenvalue weighted by Crippen LogP contribution is -2.17. The molecule has 0 fully saturated rings. The molecule has 5 nitrogen and oxygen atoms in total. The molecule has 2 aromatic carbocycles. The van der Waals surface area contributed by atoms with Crippen molar-refractivity contribution in [3.63, 3.8) is 0 Å². The second-order valence-electron chi connectivity index (χ2n) is 5.17. The van der Waals surface area contributed by atoms with Crippen molar-refractivity contribution in [2.45, 2.75) is 0 Å². The largest absolute Gasteiger partial charge is 0.289 e. The first-order valence-electron chi connectivity index (χ1n) is 7.59. The van der Waals surface area contributed by atoms with E-state index in [0.29, 0.717) is 16.4 Å². The van der Waals surface area contributed by atoms with Crippen molar-refractivity contribution in [1.29, 1.82) is 0 Å². The molecule has 124 valence electrons. The number of aromatic nitrogens is 2. The summed E-state index contributed by atoms with van der Waals surface area (Å²) in [6.07, 6.45) is 3.13. The quantitative estimate of drug-likeness (QED) is 0.538. The minimum atomic E-state index is -0.393. The van der Waals surface area contributed by atoms with Gasteiger partial charge in [-0.2, -0.15) is 10.2 Å². The van der Waals surface area contributed by atoms with Crippen LogP contribution in [0.25, 0.3) is 17.3 Å². The van der Waals surface area contributed by atoms with Gasteiger partial charge in [-0.1, -0.05) is 72.3 Å². The molecule has 3 aromatic rings. The lowest BCUT2D eigenvalue weighted by atomic mass is 10.1. The molecule has 0 saturated carbocycles. The van der Waals surface area contributed by atoms with Gasteiger partial charge in [-0.15, -0.1) is 0 Å². The maximum absolute atomic E-state index is 12.1. The molecule has 1 aromatic heterocycles. The number of nitrogens with zero attached hydrogens (tertiary/aromatic N) is 2. The van der Waals surface area contributed by atoms with Gasteiger partial charge in [-0.05, 0) is 17.7 Å². The van der Waals surface area contributed by atoms with Crippen LogP contribution in [-0.2, 0) is 0 Å². The van der Waals surface area contributed by atoms with Crippen molar-refractivity contribution in [2.75, 3.05) is 0 Å². The summed E-state index contributed by atoms with van der Waals surface area (Å²) in [4.78, 5) is 12.1. The summed E-state index contributed by atoms with van der Waals surface area (Å²) in [5, 5.41) is 11.1. The molecule has 0 unspecified atom stereocenters. The van der Waals surface area contributed by atoms with Gasteiger partial charge in [-0.3, -0.25) is 9.89 Å². The van der Waals surface area contributed by atoms with Gasteiger partial charge in [0, 0.05) is 5.56 Å². The number of carbonyl (C=O) groups is 1. The second kappa shape index (κ2) is 8.08. The fourth-order valence-corrected chi connectivity index (χ4v) is 2.33. The maximum Gasteiger partial charge on any atom is 0.289 e. The van der Waals surface area contributed by atoms with E-state index in [4.69, 9.17) is 11.6 Å². The summed E-state index contributed by atoms with van der Waals surface area (Å²) in [6.45, 7) is 0. The number of H-pyrrole nitrogens is 1. The van der Waals surface area contributed by atoms with Crippen molar-refractivity contribution in [3.8, 4) is 11.3 Å². The average molecular weight is 351 g/mol. The smallest absolute Gasteiger partial charge is 0.272 e. The lowest BCUT2D eigenvalue weighted by Gasteiger charge is -1.96. The first-order chi connectivity index (χ1) is 12.2. The van der Waals surface area contributed by atoms with Gasteiger partial charge in [0.25, 0.3) is 5.91 Å². The average Bonchev–Trinajstić information content (AvgIpc) is 3.13. The Balaban J connectivity index is 1.61. The Labute approximate surface area is 150 Å². The van der Waals surface area contributed by atoms with Gasteiger partial charge >= 0.3 is 0 Å². The molecule has 0 aliphatic carbocycles. The van der Waals surface area contributed by atoms with Crippen LogP contribution in [0.3, 0.4) is 0 Å². The molecule has 0 aliphatic rings. The molecule has 1 amide bonds. The second-order valence-corrected chi connectivity index (χ2v) is 5.61. The van der Waals surface area contributed by atoms with Crippen LogP contribution in [0.4, 0.5) is 0 Å². The number of carbonyl (C=O) groups excluding carboxylic acids is 1. The zero-order chi connectivity index (χ0) is 17.5. The zero-order valence-electron chi connectivity index (χ0n) is 13.2. The molecule has 0 spiro atoms. The topological polar surface area (TPSA) is 70.1 Å². The SMILES string of the molecule is O=C(N/N=C\C(Cl)=C\c1ccccc1)c1cc(-c2ccccc2)n[nH]1. The Morgan fingerprint density at radius 2 is 1.76 bits per heavy atom. The van der Waals surface area contributed by atoms with Gasteiger partial charge in [0.1, 0.15) is 5.69 Å². The Morgan fingerprint density at radius 1 is 1.08 bits per heavy atom. The number of nitrogens with one attached hydrogen (secondary N) is 2. The van der Waals surface area contributed by atoms with Crippen LogP contribution in [0.2, 0.25) is 0 Å². The van der Waals surface area contributed by atoms with Crippen LogP contribution in [0.15, 0.2) is 76.9 Å². The Kier molecular flexibility index (Phi) is 5.39. The molecule has 25 heavy (non-hydrogen) atoms. The van der Waals surface area contributed by atoms with E-state index in [1.54, 1.807) is 12.1 Å². The number of aromatic amines is 1. The highest BCUT2D eigenvalue weighted by molar-refractivity contribution is 6.41. The minimum Gasteiger partial charge on any atom is -0.272 e. The third-order valence-corrected chi connectivity index (χ3v) is 3.56. The van der Waals surface area contributed by atoms with Crippen LogP contribution in [0, 0.1) is 0 Å². The molecule has 0 bridgehead atoms. The lowest BCUT2D eigenvalue weighted by molar-refractivity contribution is 0.0950. The summed E-state index contributed by atoms with van der Waals surface area (Å²) in [5.41, 5.74) is 5.30. The molecule has 0 aliphatic heterocycles. The van der Waals surface area contributed by atoms with E-state index in [2.05, 4.69) is 20.7 Å². The van der Waals surface area contributed by atoms with Crippen LogP contribution < -0.4 is 5.43 Å². The first kappa shape index (κ1) is 16.7. The minimum absolute atomic E-state index is 0.319. The summed E-state index contributed by atoms with van der Waals surface area (Å²) >= 11 is 6.07. The number of amides is 1. The monoisotopic (exact) mass is 350 g/mol. The Morgan fingerprint density at radius 3 is 2.48 bits per heavy atom. The van der Waals surface area contributed by atoms with Gasteiger partial charge in [0.15, 0.2) is 0 Å². The number of allylic oxidation sites excluding steroid dienone is 1. The van der Waals surface area contributed by atoms with Gasteiger partial charge < -0.3 is 0 Å². The number of rotatable bonds is 5. The van der Waals surface area contributed by atoms with E-state index in [9.17, 15) is 4.79 Å². The molecular weight excluding hydrogens is 336 g/mol. The number of halogens is 1. The van der Waals surface area contributed by atoms with E-state index >= 15 is 0 Å². The fraction of sp³-hybridized carbons (Fsp3) is 0. The Bertz CT molecular complexity index is 901. The number of hydrogen-bond acceptors (Lipinski definition) is 3. The molecule has 0 saturated heterocycles. The Hall–Kier alpha value is -3.18. The third kappa shape index (κ3) is 4.65. The van der Waals surface area contributed by atoms with Crippen molar-refractivity contribution in [2.24, 2.45) is 5.10 Å². The van der Waals surface area contributed by atoms with Crippen LogP contribution in [0.1, 0.15) is 16.1 Å². The molecule has 3 rings (SSSR count). The van der Waals surface area contributed by atoms with Crippen molar-refractivity contribution in [3.05, 3.63) is 83.0 Å². The van der Waals surface area contributed by atoms with E-state index in [1.807, 2.05) is 60.7 Å². The highest BCUT2D eigenvalue weighted by Gasteiger charge is 2.09. The van der Waals surface area contributed by atoms with Gasteiger partial charge in [0.05, 0.1) is 16.9 Å². The molecule has 0 atom stereocenters. The third-order valence-electron chi connectivity index (χ3n) is 3.35. The molecule has 2 N–H and O–H groups in total. The maximum atomic E-state index is 12.1. The fourth-order valence-electron chi connectivity index (χ4n) is 2.15. The molecular formula is C19H15ClN4O. The van der Waals surface area contributed by atoms with E-state index in [1.165, 1.54) is 6.21 Å². The summed E-state index contributed by atoms with van der Waals surface area (Å²) < 4.78 is 0. The van der Waals surface area contributed by atoms with Crippen LogP contribution in [0.5, 0.6) is 0 Å². The molecule has 1 heterocycles. The van der Waals surface area contributed by atoms with E-state index in [0.717, 1.165) is 11.1 Å². The van der Waals surface area contributed by atoms with Gasteiger partial charge in [-0.25, -0.2) is 5.43 Å². The highest BCUT2D eigenvalue weighted by Crippen LogP contribution is 2.16. The highest BCUT2D eigenvalue weighted by atomic mass is 35.5. The van der Waals surface area contributed by atoms with Crippen molar-refractivity contribution < 1.29 is 4.79 Å². The summed E-state index contributed by atoms with van der Waals surface area (Å²) in [5.74, 6) is -0.393. The summed E-state index contributed by atoms with van der Waals surface area (Å²) in [6, 6.07) is 20.9. The standard InChI is InChI=1S/C19H15ClN4O/c20-16(11-14-7-3-1-4-8-14)13-21-24-19(25)18-12-17(22-23-18)15-9-5-2-6-10-15/h1-13H,(H,22,23)(H,24,25)/b16-11-,21-13-. The molecule has 6 heteroatoms. The number of benzene rings is 2. The zero-order valence-corrected chi connectivity index (χ0v) is 13.9. The predicted octanol–water partition coefficient (Wildman–Crippen LogP) is 4.07. The van der Waals surface area contributed by atoms with E-state index in [-0.39, 0.29) is 0 Å². The normalized spacial score (nSPS) is 11.6.